The van der Waals surface area contributed by atoms with Crippen molar-refractivity contribution in [1.29, 1.82) is 0 Å². The molecular formula is C21H31Cl2N3O. The number of nitrogens with zero attached hydrogens (tertiary/aromatic N) is 2. The first kappa shape index (κ1) is 20.9. The van der Waals surface area contributed by atoms with Gasteiger partial charge in [-0.1, -0.05) is 35.3 Å². The molecule has 4 nitrogen and oxygen atoms in total. The Morgan fingerprint density at radius 2 is 1.81 bits per heavy atom. The molecule has 1 aromatic rings. The van der Waals surface area contributed by atoms with Crippen molar-refractivity contribution in [1.82, 2.24) is 15.1 Å². The predicted molar refractivity (Wildman–Crippen MR) is 112 cm³/mol. The number of amides is 1. The number of piperidine rings is 2. The van der Waals surface area contributed by atoms with Crippen LogP contribution < -0.4 is 5.32 Å². The summed E-state index contributed by atoms with van der Waals surface area (Å²) in [6.45, 7) is 5.85. The average molecular weight is 412 g/mol. The zero-order valence-electron chi connectivity index (χ0n) is 16.2. The highest BCUT2D eigenvalue weighted by Gasteiger charge is 2.25. The van der Waals surface area contributed by atoms with Gasteiger partial charge in [-0.3, -0.25) is 9.69 Å². The Hall–Kier alpha value is -0.810. The lowest BCUT2D eigenvalue weighted by Gasteiger charge is -2.32. The highest BCUT2D eigenvalue weighted by Crippen LogP contribution is 2.28. The highest BCUT2D eigenvalue weighted by molar-refractivity contribution is 6.42. The average Bonchev–Trinajstić information content (AvgIpc) is 2.67. The molecule has 0 aliphatic carbocycles. The first-order chi connectivity index (χ1) is 13.0. The van der Waals surface area contributed by atoms with E-state index in [9.17, 15) is 4.79 Å². The van der Waals surface area contributed by atoms with E-state index < -0.39 is 0 Å². The van der Waals surface area contributed by atoms with Gasteiger partial charge in [-0.25, -0.2) is 0 Å². The van der Waals surface area contributed by atoms with Gasteiger partial charge in [0, 0.05) is 19.0 Å². The molecule has 0 spiro atoms. The van der Waals surface area contributed by atoms with E-state index in [0.29, 0.717) is 10.0 Å². The lowest BCUT2D eigenvalue weighted by molar-refractivity contribution is -0.126. The first-order valence-electron chi connectivity index (χ1n) is 10.1. The van der Waals surface area contributed by atoms with Gasteiger partial charge < -0.3 is 10.2 Å². The number of likely N-dealkylation sites (tertiary alicyclic amines) is 2. The largest absolute Gasteiger partial charge is 0.356 e. The van der Waals surface area contributed by atoms with E-state index in [0.717, 1.165) is 56.9 Å². The minimum absolute atomic E-state index is 0.147. The molecule has 0 atom stereocenters. The van der Waals surface area contributed by atoms with Gasteiger partial charge in [-0.2, -0.15) is 0 Å². The fraction of sp³-hybridized carbons (Fsp3) is 0.667. The lowest BCUT2D eigenvalue weighted by Crippen LogP contribution is -2.41. The first-order valence-corrected chi connectivity index (χ1v) is 10.9. The second-order valence-corrected chi connectivity index (χ2v) is 8.87. The van der Waals surface area contributed by atoms with Crippen molar-refractivity contribution in [2.45, 2.75) is 38.6 Å². The van der Waals surface area contributed by atoms with Crippen LogP contribution in [-0.2, 0) is 11.3 Å². The van der Waals surface area contributed by atoms with Gasteiger partial charge in [0.1, 0.15) is 0 Å². The van der Waals surface area contributed by atoms with Gasteiger partial charge in [-0.05, 0) is 82.9 Å². The fourth-order valence-corrected chi connectivity index (χ4v) is 4.54. The molecule has 2 aliphatic heterocycles. The Morgan fingerprint density at radius 1 is 1.11 bits per heavy atom. The Morgan fingerprint density at radius 3 is 2.52 bits per heavy atom. The zero-order valence-corrected chi connectivity index (χ0v) is 17.7. The molecule has 1 amide bonds. The second-order valence-electron chi connectivity index (χ2n) is 8.09. The standard InChI is InChI=1S/C21H31Cl2N3O/c1-25-11-6-16(7-12-25)5-10-24-21(27)17-8-13-26(14-9-17)15-18-3-2-4-19(22)20(18)23/h2-4,16-17H,5-15H2,1H3,(H,24,27). The van der Waals surface area contributed by atoms with Gasteiger partial charge in [0.15, 0.2) is 0 Å². The Labute approximate surface area is 173 Å². The normalized spacial score (nSPS) is 20.7. The third-order valence-corrected chi connectivity index (χ3v) is 6.93. The van der Waals surface area contributed by atoms with Crippen LogP contribution in [0, 0.1) is 11.8 Å². The molecule has 2 saturated heterocycles. The molecule has 3 rings (SSSR count). The Kier molecular flexibility index (Phi) is 7.83. The maximum absolute atomic E-state index is 12.5. The molecule has 0 aromatic heterocycles. The lowest BCUT2D eigenvalue weighted by atomic mass is 9.93. The molecule has 2 fully saturated rings. The van der Waals surface area contributed by atoms with Crippen LogP contribution in [0.25, 0.3) is 0 Å². The van der Waals surface area contributed by atoms with Crippen LogP contribution >= 0.6 is 23.2 Å². The van der Waals surface area contributed by atoms with Gasteiger partial charge in [0.25, 0.3) is 0 Å². The molecular weight excluding hydrogens is 381 g/mol. The molecule has 6 heteroatoms. The molecule has 1 N–H and O–H groups in total. The van der Waals surface area contributed by atoms with E-state index in [-0.39, 0.29) is 11.8 Å². The molecule has 0 bridgehead atoms. The van der Waals surface area contributed by atoms with Gasteiger partial charge in [-0.15, -0.1) is 0 Å². The summed E-state index contributed by atoms with van der Waals surface area (Å²) in [6, 6.07) is 5.78. The van der Waals surface area contributed by atoms with E-state index in [1.54, 1.807) is 0 Å². The summed E-state index contributed by atoms with van der Waals surface area (Å²) in [7, 11) is 2.19. The van der Waals surface area contributed by atoms with Crippen LogP contribution in [0.3, 0.4) is 0 Å². The highest BCUT2D eigenvalue weighted by atomic mass is 35.5. The van der Waals surface area contributed by atoms with Gasteiger partial charge in [0.2, 0.25) is 5.91 Å². The van der Waals surface area contributed by atoms with Gasteiger partial charge >= 0.3 is 0 Å². The smallest absolute Gasteiger partial charge is 0.223 e. The molecule has 2 aliphatic rings. The summed E-state index contributed by atoms with van der Waals surface area (Å²) in [5, 5.41) is 4.43. The van der Waals surface area contributed by atoms with Crippen LogP contribution in [0.1, 0.15) is 37.7 Å². The summed E-state index contributed by atoms with van der Waals surface area (Å²) in [4.78, 5) is 17.2. The van der Waals surface area contributed by atoms with E-state index in [4.69, 9.17) is 23.2 Å². The number of nitrogens with one attached hydrogen (secondary N) is 1. The minimum atomic E-state index is 0.147. The van der Waals surface area contributed by atoms with Gasteiger partial charge in [0.05, 0.1) is 10.0 Å². The van der Waals surface area contributed by atoms with E-state index >= 15 is 0 Å². The number of carbonyl (C=O) groups is 1. The van der Waals surface area contributed by atoms with E-state index in [2.05, 4.69) is 22.2 Å². The summed E-state index contributed by atoms with van der Waals surface area (Å²) in [5.41, 5.74) is 1.06. The SMILES string of the molecule is CN1CCC(CCNC(=O)C2CCN(Cc3cccc(Cl)c3Cl)CC2)CC1. The number of hydrogen-bond donors (Lipinski definition) is 1. The predicted octanol–water partition coefficient (Wildman–Crippen LogP) is 4.05. The number of hydrogen-bond acceptors (Lipinski definition) is 3. The summed E-state index contributed by atoms with van der Waals surface area (Å²) >= 11 is 12.4. The van der Waals surface area contributed by atoms with Crippen LogP contribution in [-0.4, -0.2) is 55.5 Å². The number of benzene rings is 1. The molecule has 150 valence electrons. The summed E-state index contributed by atoms with van der Waals surface area (Å²) < 4.78 is 0. The van der Waals surface area contributed by atoms with Crippen molar-refractivity contribution in [3.8, 4) is 0 Å². The monoisotopic (exact) mass is 411 g/mol. The van der Waals surface area contributed by atoms with Crippen LogP contribution in [0.15, 0.2) is 18.2 Å². The van der Waals surface area contributed by atoms with Crippen LogP contribution in [0.4, 0.5) is 0 Å². The summed E-state index contributed by atoms with van der Waals surface area (Å²) in [5.74, 6) is 1.16. The Bertz CT molecular complexity index is 624. The van der Waals surface area contributed by atoms with Crippen molar-refractivity contribution < 1.29 is 4.79 Å². The summed E-state index contributed by atoms with van der Waals surface area (Å²) in [6.07, 6.45) is 5.47. The van der Waals surface area contributed by atoms with Crippen molar-refractivity contribution in [3.05, 3.63) is 33.8 Å². The third-order valence-electron chi connectivity index (χ3n) is 6.07. The van der Waals surface area contributed by atoms with E-state index in [1.807, 2.05) is 18.2 Å². The van der Waals surface area contributed by atoms with Crippen molar-refractivity contribution >= 4 is 29.1 Å². The topological polar surface area (TPSA) is 35.6 Å². The number of rotatable bonds is 6. The molecule has 2 heterocycles. The maximum atomic E-state index is 12.5. The number of halogens is 2. The fourth-order valence-electron chi connectivity index (χ4n) is 4.16. The third kappa shape index (κ3) is 6.08. The van der Waals surface area contributed by atoms with Crippen LogP contribution in [0.5, 0.6) is 0 Å². The van der Waals surface area contributed by atoms with Crippen molar-refractivity contribution in [2.24, 2.45) is 11.8 Å². The van der Waals surface area contributed by atoms with E-state index in [1.165, 1.54) is 25.9 Å². The maximum Gasteiger partial charge on any atom is 0.223 e. The molecule has 1 aromatic carbocycles. The molecule has 0 unspecified atom stereocenters. The molecule has 0 saturated carbocycles. The van der Waals surface area contributed by atoms with Crippen molar-refractivity contribution in [2.75, 3.05) is 39.8 Å². The zero-order chi connectivity index (χ0) is 19.2. The quantitative estimate of drug-likeness (QED) is 0.766. The number of carbonyl (C=O) groups excluding carboxylic acids is 1. The second kappa shape index (κ2) is 10.1. The van der Waals surface area contributed by atoms with Crippen LogP contribution in [0.2, 0.25) is 10.0 Å². The molecule has 27 heavy (non-hydrogen) atoms. The Balaban J connectivity index is 1.36. The minimum Gasteiger partial charge on any atom is -0.356 e. The molecule has 0 radical (unpaired) electrons. The van der Waals surface area contributed by atoms with Crippen molar-refractivity contribution in [3.63, 3.8) is 0 Å².